The van der Waals surface area contributed by atoms with Crippen molar-refractivity contribution in [3.8, 4) is 11.3 Å². The highest BCUT2D eigenvalue weighted by atomic mass is 16.5. The second-order valence-corrected chi connectivity index (χ2v) is 7.51. The summed E-state index contributed by atoms with van der Waals surface area (Å²) < 4.78 is 5.56. The topological polar surface area (TPSA) is 79.9 Å². The molecule has 6 heteroatoms. The predicted octanol–water partition coefficient (Wildman–Crippen LogP) is 4.77. The third kappa shape index (κ3) is 3.69. The molecule has 2 N–H and O–H groups in total. The predicted molar refractivity (Wildman–Crippen MR) is 117 cm³/mol. The summed E-state index contributed by atoms with van der Waals surface area (Å²) in [6.45, 7) is 1.50. The van der Waals surface area contributed by atoms with Crippen LogP contribution in [0.5, 0.6) is 0 Å². The lowest BCUT2D eigenvalue weighted by atomic mass is 9.99. The van der Waals surface area contributed by atoms with Crippen LogP contribution >= 0.6 is 0 Å². The second-order valence-electron chi connectivity index (χ2n) is 7.51. The quantitative estimate of drug-likeness (QED) is 0.519. The minimum atomic E-state index is -0.205. The number of hydrogen-bond donors (Lipinski definition) is 2. The van der Waals surface area contributed by atoms with Gasteiger partial charge in [0.25, 0.3) is 5.91 Å². The van der Waals surface area contributed by atoms with Gasteiger partial charge in [0, 0.05) is 35.2 Å². The maximum absolute atomic E-state index is 13.2. The molecule has 1 unspecified atom stereocenters. The summed E-state index contributed by atoms with van der Waals surface area (Å²) in [4.78, 5) is 17.9. The number of hydrogen-bond acceptors (Lipinski definition) is 4. The number of aromatic nitrogens is 3. The molecule has 6 nitrogen and oxygen atoms in total. The molecule has 0 aliphatic carbocycles. The van der Waals surface area contributed by atoms with Crippen LogP contribution in [0, 0.1) is 0 Å². The Hall–Kier alpha value is -3.51. The summed E-state index contributed by atoms with van der Waals surface area (Å²) in [7, 11) is 0. The van der Waals surface area contributed by atoms with E-state index >= 15 is 0 Å². The monoisotopic (exact) mass is 398 g/mol. The first-order chi connectivity index (χ1) is 14.8. The van der Waals surface area contributed by atoms with E-state index in [4.69, 9.17) is 9.72 Å². The fourth-order valence-corrected chi connectivity index (χ4v) is 3.90. The number of pyridine rings is 1. The van der Waals surface area contributed by atoms with Gasteiger partial charge in [0.05, 0.1) is 23.4 Å². The van der Waals surface area contributed by atoms with Crippen molar-refractivity contribution in [3.63, 3.8) is 0 Å². The molecule has 2 aromatic carbocycles. The first-order valence-corrected chi connectivity index (χ1v) is 10.2. The Morgan fingerprint density at radius 1 is 1.07 bits per heavy atom. The molecule has 0 spiro atoms. The third-order valence-corrected chi connectivity index (χ3v) is 5.47. The fraction of sp³-hybridized carbons (Fsp3) is 0.208. The zero-order valence-corrected chi connectivity index (χ0v) is 16.5. The maximum Gasteiger partial charge on any atom is 0.257 e. The number of para-hydroxylation sites is 1. The number of amides is 1. The zero-order chi connectivity index (χ0) is 20.3. The molecule has 1 saturated heterocycles. The molecule has 0 radical (unpaired) electrons. The van der Waals surface area contributed by atoms with Gasteiger partial charge in [-0.2, -0.15) is 5.10 Å². The highest BCUT2D eigenvalue weighted by Crippen LogP contribution is 2.27. The molecule has 5 rings (SSSR count). The van der Waals surface area contributed by atoms with Gasteiger partial charge in [0.2, 0.25) is 0 Å². The van der Waals surface area contributed by atoms with Gasteiger partial charge in [-0.05, 0) is 25.0 Å². The summed E-state index contributed by atoms with van der Waals surface area (Å²) >= 11 is 0. The molecule has 3 heterocycles. The maximum atomic E-state index is 13.2. The van der Waals surface area contributed by atoms with Crippen LogP contribution in [-0.4, -0.2) is 34.3 Å². The lowest BCUT2D eigenvalue weighted by Gasteiger charge is -2.20. The number of benzene rings is 2. The summed E-state index contributed by atoms with van der Waals surface area (Å²) in [5.41, 5.74) is 4.09. The second kappa shape index (κ2) is 8.08. The molecule has 30 heavy (non-hydrogen) atoms. The average Bonchev–Trinajstić information content (AvgIpc) is 3.28. The van der Waals surface area contributed by atoms with Crippen LogP contribution in [0.1, 0.15) is 34.8 Å². The van der Waals surface area contributed by atoms with E-state index in [-0.39, 0.29) is 5.91 Å². The number of carbonyl (C=O) groups is 1. The van der Waals surface area contributed by atoms with E-state index in [1.165, 1.54) is 0 Å². The zero-order valence-electron chi connectivity index (χ0n) is 16.5. The molecule has 1 atom stereocenters. The van der Waals surface area contributed by atoms with Crippen molar-refractivity contribution in [3.05, 3.63) is 78.0 Å². The van der Waals surface area contributed by atoms with Gasteiger partial charge in [-0.25, -0.2) is 4.98 Å². The van der Waals surface area contributed by atoms with Crippen molar-refractivity contribution < 1.29 is 9.53 Å². The molecule has 1 amide bonds. The number of fused-ring (bicyclic) bond motifs is 1. The molecular weight excluding hydrogens is 376 g/mol. The van der Waals surface area contributed by atoms with E-state index in [2.05, 4.69) is 15.5 Å². The highest BCUT2D eigenvalue weighted by molar-refractivity contribution is 6.12. The standard InChI is InChI=1S/C24H22N4O2/c29-24(26-23-14-22(27-28-23)17-9-6-12-30-15-17)19-13-21(16-7-2-1-3-8-16)25-20-11-5-4-10-18(19)20/h1-5,7-8,10-11,13-14,17H,6,9,12,15H2,(H2,26,27,28,29). The van der Waals surface area contributed by atoms with Crippen LogP contribution in [0.3, 0.4) is 0 Å². The van der Waals surface area contributed by atoms with Crippen LogP contribution in [0.4, 0.5) is 5.82 Å². The number of anilines is 1. The Bertz CT molecular complexity index is 1180. The Morgan fingerprint density at radius 2 is 1.90 bits per heavy atom. The Kier molecular flexibility index (Phi) is 4.99. The van der Waals surface area contributed by atoms with Crippen LogP contribution in [-0.2, 0) is 4.74 Å². The van der Waals surface area contributed by atoms with E-state index in [0.717, 1.165) is 47.3 Å². The van der Waals surface area contributed by atoms with E-state index in [9.17, 15) is 4.79 Å². The van der Waals surface area contributed by atoms with Gasteiger partial charge in [-0.15, -0.1) is 0 Å². The minimum absolute atomic E-state index is 0.205. The van der Waals surface area contributed by atoms with E-state index in [1.54, 1.807) is 0 Å². The Balaban J connectivity index is 1.46. The number of aromatic amines is 1. The number of H-pyrrole nitrogens is 1. The molecule has 0 saturated carbocycles. The SMILES string of the molecule is O=C(Nc1cc(C2CCCOC2)[nH]n1)c1cc(-c2ccccc2)nc2ccccc12. The van der Waals surface area contributed by atoms with Gasteiger partial charge >= 0.3 is 0 Å². The van der Waals surface area contributed by atoms with Crippen molar-refractivity contribution in [2.24, 2.45) is 0 Å². The van der Waals surface area contributed by atoms with Crippen molar-refractivity contribution in [2.75, 3.05) is 18.5 Å². The number of nitrogens with one attached hydrogen (secondary N) is 2. The Labute approximate surface area is 174 Å². The van der Waals surface area contributed by atoms with Gasteiger partial charge in [-0.1, -0.05) is 48.5 Å². The normalized spacial score (nSPS) is 16.5. The van der Waals surface area contributed by atoms with E-state index in [0.29, 0.717) is 23.9 Å². The average molecular weight is 398 g/mol. The number of ether oxygens (including phenoxy) is 1. The molecular formula is C24H22N4O2. The van der Waals surface area contributed by atoms with Crippen molar-refractivity contribution in [1.82, 2.24) is 15.2 Å². The largest absolute Gasteiger partial charge is 0.381 e. The molecule has 1 aliphatic rings. The third-order valence-electron chi connectivity index (χ3n) is 5.47. The molecule has 1 aliphatic heterocycles. The summed E-state index contributed by atoms with van der Waals surface area (Å²) in [6, 6.07) is 21.3. The van der Waals surface area contributed by atoms with Gasteiger partial charge in [0.15, 0.2) is 5.82 Å². The van der Waals surface area contributed by atoms with Crippen molar-refractivity contribution in [2.45, 2.75) is 18.8 Å². The highest BCUT2D eigenvalue weighted by Gasteiger charge is 2.20. The van der Waals surface area contributed by atoms with Crippen molar-refractivity contribution in [1.29, 1.82) is 0 Å². The summed E-state index contributed by atoms with van der Waals surface area (Å²) in [5, 5.41) is 11.1. The first-order valence-electron chi connectivity index (χ1n) is 10.2. The molecule has 150 valence electrons. The Morgan fingerprint density at radius 3 is 2.73 bits per heavy atom. The number of nitrogens with zero attached hydrogens (tertiary/aromatic N) is 2. The first kappa shape index (κ1) is 18.5. The van der Waals surface area contributed by atoms with Crippen LogP contribution < -0.4 is 5.32 Å². The molecule has 1 fully saturated rings. The molecule has 4 aromatic rings. The summed E-state index contributed by atoms with van der Waals surface area (Å²) in [6.07, 6.45) is 2.10. The van der Waals surface area contributed by atoms with Crippen LogP contribution in [0.25, 0.3) is 22.2 Å². The van der Waals surface area contributed by atoms with Gasteiger partial charge in [0.1, 0.15) is 0 Å². The lowest BCUT2D eigenvalue weighted by Crippen LogP contribution is -2.15. The molecule has 2 aromatic heterocycles. The minimum Gasteiger partial charge on any atom is -0.381 e. The fourth-order valence-electron chi connectivity index (χ4n) is 3.90. The smallest absolute Gasteiger partial charge is 0.257 e. The summed E-state index contributed by atoms with van der Waals surface area (Å²) in [5.74, 6) is 0.606. The van der Waals surface area contributed by atoms with Gasteiger partial charge < -0.3 is 10.1 Å². The number of rotatable bonds is 4. The van der Waals surface area contributed by atoms with Crippen LogP contribution in [0.2, 0.25) is 0 Å². The van der Waals surface area contributed by atoms with Crippen LogP contribution in [0.15, 0.2) is 66.7 Å². The lowest BCUT2D eigenvalue weighted by molar-refractivity contribution is 0.0793. The molecule has 0 bridgehead atoms. The van der Waals surface area contributed by atoms with Crippen molar-refractivity contribution >= 4 is 22.6 Å². The van der Waals surface area contributed by atoms with Gasteiger partial charge in [-0.3, -0.25) is 9.89 Å². The van der Waals surface area contributed by atoms with E-state index < -0.39 is 0 Å². The number of carbonyl (C=O) groups excluding carboxylic acids is 1. The van der Waals surface area contributed by atoms with E-state index in [1.807, 2.05) is 66.7 Å².